The Balaban J connectivity index is 0.00000374. The van der Waals surface area contributed by atoms with Gasteiger partial charge in [-0.1, -0.05) is 81.7 Å². The first kappa shape index (κ1) is 33.8. The minimum atomic E-state index is -0.270. The van der Waals surface area contributed by atoms with Crippen LogP contribution in [-0.4, -0.2) is 36.6 Å². The second-order valence-corrected chi connectivity index (χ2v) is 16.0. The fourth-order valence-electron chi connectivity index (χ4n) is 8.09. The standard InChI is InChI=1S/C44H43N5O.Pt/c1-26(2)35-23-30(24-36(46-35)42-47-40-12-8-9-19-44(40,7)50-42)48-37-17-13-27(3)21-33(37)31-16-15-29(25-39(31)48)49-38-18-14-28(43(4,5)6)22-34(38)32-11-10-20-45-41(32)49;/h10-11,13-18,20-23,26,40H,8-9,12,19H2,1-7H3;/q-2;+2/t40-,44-;/m0./s1. The number of benzene rings is 3. The number of hydrogen-bond acceptors (Lipinski definition) is 4. The fraction of sp³-hybridized carbons (Fsp3) is 0.341. The SMILES string of the molecule is Cc1ccc2c(c1)c1ccc(-n3c4ccc(C(C)(C)C)cc4c4cccnc43)[c-]c1n2-c1[c-]c(C2=N[C@H]3CCCC[C@]3(C)O2)nc(C(C)C)c1.[Pt+2]. The predicted molar refractivity (Wildman–Crippen MR) is 204 cm³/mol. The number of nitrogens with zero attached hydrogens (tertiary/aromatic N) is 5. The van der Waals surface area contributed by atoms with Crippen molar-refractivity contribution in [1.29, 1.82) is 0 Å². The van der Waals surface area contributed by atoms with Crippen LogP contribution in [0.25, 0.3) is 55.1 Å². The van der Waals surface area contributed by atoms with Crippen LogP contribution < -0.4 is 0 Å². The van der Waals surface area contributed by atoms with Gasteiger partial charge < -0.3 is 18.9 Å². The number of hydrogen-bond donors (Lipinski definition) is 0. The van der Waals surface area contributed by atoms with Gasteiger partial charge in [-0.2, -0.15) is 6.07 Å². The van der Waals surface area contributed by atoms with Gasteiger partial charge in [0.25, 0.3) is 0 Å². The zero-order valence-corrected chi connectivity index (χ0v) is 32.6. The Morgan fingerprint density at radius 3 is 2.43 bits per heavy atom. The molecule has 0 amide bonds. The Bertz CT molecular complexity index is 2530. The van der Waals surface area contributed by atoms with Gasteiger partial charge in [0.2, 0.25) is 0 Å². The minimum absolute atomic E-state index is 0. The molecule has 0 radical (unpaired) electrons. The van der Waals surface area contributed by atoms with Crippen LogP contribution in [0, 0.1) is 19.1 Å². The number of fused-ring (bicyclic) bond motifs is 7. The van der Waals surface area contributed by atoms with Crippen molar-refractivity contribution in [2.24, 2.45) is 4.99 Å². The number of aliphatic imine (C=N–C) groups is 1. The Kier molecular flexibility index (Phi) is 8.07. The monoisotopic (exact) mass is 852 g/mol. The van der Waals surface area contributed by atoms with Crippen molar-refractivity contribution in [3.05, 3.63) is 108 Å². The van der Waals surface area contributed by atoms with E-state index in [-0.39, 0.29) is 44.0 Å². The predicted octanol–water partition coefficient (Wildman–Crippen LogP) is 10.5. The first-order chi connectivity index (χ1) is 24.0. The average molecular weight is 853 g/mol. The Morgan fingerprint density at radius 2 is 1.65 bits per heavy atom. The molecule has 2 aliphatic rings. The molecule has 0 bridgehead atoms. The molecule has 0 N–H and O–H groups in total. The molecule has 1 aliphatic carbocycles. The van der Waals surface area contributed by atoms with E-state index in [0.29, 0.717) is 11.6 Å². The maximum Gasteiger partial charge on any atom is 2.00 e. The summed E-state index contributed by atoms with van der Waals surface area (Å²) in [5.74, 6) is 0.828. The number of pyridine rings is 2. The number of rotatable bonds is 4. The molecular weight excluding hydrogens is 810 g/mol. The summed E-state index contributed by atoms with van der Waals surface area (Å²) in [6.07, 6.45) is 6.30. The molecule has 4 aromatic heterocycles. The summed E-state index contributed by atoms with van der Waals surface area (Å²) in [4.78, 5) is 15.1. The number of aryl methyl sites for hydroxylation is 1. The molecule has 9 rings (SSSR count). The third-order valence-electron chi connectivity index (χ3n) is 11.0. The van der Waals surface area contributed by atoms with Crippen LogP contribution in [-0.2, 0) is 31.2 Å². The summed E-state index contributed by atoms with van der Waals surface area (Å²) >= 11 is 0. The molecule has 5 heterocycles. The van der Waals surface area contributed by atoms with Crippen molar-refractivity contribution in [2.45, 2.75) is 97.1 Å². The summed E-state index contributed by atoms with van der Waals surface area (Å²) in [6.45, 7) is 15.5. The molecule has 0 saturated heterocycles. The van der Waals surface area contributed by atoms with Gasteiger partial charge in [0.15, 0.2) is 0 Å². The fourth-order valence-corrected chi connectivity index (χ4v) is 8.09. The third-order valence-corrected chi connectivity index (χ3v) is 11.0. The van der Waals surface area contributed by atoms with Crippen LogP contribution in [0.15, 0.2) is 77.9 Å². The van der Waals surface area contributed by atoms with Gasteiger partial charge in [-0.25, -0.2) is 4.98 Å². The number of ether oxygens (including phenoxy) is 1. The average Bonchev–Trinajstić information content (AvgIpc) is 3.74. The summed E-state index contributed by atoms with van der Waals surface area (Å²) in [7, 11) is 0. The normalized spacial score (nSPS) is 19.1. The van der Waals surface area contributed by atoms with E-state index in [1.165, 1.54) is 34.7 Å². The van der Waals surface area contributed by atoms with E-state index in [1.54, 1.807) is 0 Å². The van der Waals surface area contributed by atoms with E-state index in [2.05, 4.69) is 130 Å². The van der Waals surface area contributed by atoms with Crippen molar-refractivity contribution < 1.29 is 25.8 Å². The van der Waals surface area contributed by atoms with Gasteiger partial charge in [-0.3, -0.25) is 4.98 Å². The molecule has 7 heteroatoms. The van der Waals surface area contributed by atoms with Crippen molar-refractivity contribution in [2.75, 3.05) is 0 Å². The van der Waals surface area contributed by atoms with E-state index in [1.807, 2.05) is 12.3 Å². The zero-order chi connectivity index (χ0) is 34.5. The van der Waals surface area contributed by atoms with Gasteiger partial charge in [-0.05, 0) is 91.4 Å². The van der Waals surface area contributed by atoms with E-state index in [0.717, 1.165) is 62.9 Å². The number of aromatic nitrogens is 4. The molecule has 1 saturated carbocycles. The molecule has 1 aliphatic heterocycles. The van der Waals surface area contributed by atoms with Gasteiger partial charge in [-0.15, -0.1) is 29.7 Å². The van der Waals surface area contributed by atoms with Gasteiger partial charge >= 0.3 is 21.1 Å². The topological polar surface area (TPSA) is 57.2 Å². The van der Waals surface area contributed by atoms with Crippen LogP contribution in [0.3, 0.4) is 0 Å². The minimum Gasteiger partial charge on any atom is -0.525 e. The van der Waals surface area contributed by atoms with Gasteiger partial charge in [0, 0.05) is 28.2 Å². The maximum atomic E-state index is 6.64. The summed E-state index contributed by atoms with van der Waals surface area (Å²) < 4.78 is 11.2. The zero-order valence-electron chi connectivity index (χ0n) is 30.4. The van der Waals surface area contributed by atoms with E-state index in [9.17, 15) is 0 Å². The molecule has 1 fully saturated rings. The second-order valence-electron chi connectivity index (χ2n) is 16.0. The summed E-state index contributed by atoms with van der Waals surface area (Å²) in [5, 5.41) is 4.66. The molecule has 51 heavy (non-hydrogen) atoms. The van der Waals surface area contributed by atoms with Gasteiger partial charge in [0.1, 0.15) is 17.1 Å². The molecule has 260 valence electrons. The van der Waals surface area contributed by atoms with E-state index >= 15 is 0 Å². The van der Waals surface area contributed by atoms with Crippen LogP contribution in [0.5, 0.6) is 0 Å². The van der Waals surface area contributed by atoms with Crippen LogP contribution in [0.1, 0.15) is 95.7 Å². The molecule has 7 aromatic rings. The quantitative estimate of drug-likeness (QED) is 0.166. The van der Waals surface area contributed by atoms with E-state index in [4.69, 9.17) is 19.7 Å². The van der Waals surface area contributed by atoms with Crippen molar-refractivity contribution in [3.63, 3.8) is 0 Å². The van der Waals surface area contributed by atoms with Crippen LogP contribution >= 0.6 is 0 Å². The molecule has 0 spiro atoms. The molecular formula is C44H43N5OPt. The second kappa shape index (κ2) is 12.2. The first-order valence-electron chi connectivity index (χ1n) is 18.1. The Labute approximate surface area is 314 Å². The summed E-state index contributed by atoms with van der Waals surface area (Å²) in [6, 6.07) is 32.1. The Morgan fingerprint density at radius 1 is 0.863 bits per heavy atom. The van der Waals surface area contributed by atoms with Crippen LogP contribution in [0.4, 0.5) is 0 Å². The molecule has 6 nitrogen and oxygen atoms in total. The van der Waals surface area contributed by atoms with E-state index < -0.39 is 0 Å². The Hall–Kier alpha value is -4.28. The smallest absolute Gasteiger partial charge is 0.525 e. The maximum absolute atomic E-state index is 6.64. The molecule has 0 unspecified atom stereocenters. The third kappa shape index (κ3) is 5.44. The van der Waals surface area contributed by atoms with Crippen molar-refractivity contribution in [3.8, 4) is 11.4 Å². The van der Waals surface area contributed by atoms with Crippen LogP contribution in [0.2, 0.25) is 0 Å². The molecule has 3 aromatic carbocycles. The first-order valence-corrected chi connectivity index (χ1v) is 18.1. The van der Waals surface area contributed by atoms with Crippen molar-refractivity contribution in [1.82, 2.24) is 19.1 Å². The van der Waals surface area contributed by atoms with Crippen molar-refractivity contribution >= 4 is 49.6 Å². The largest absolute Gasteiger partial charge is 2.00 e. The van der Waals surface area contributed by atoms with Gasteiger partial charge in [0.05, 0.1) is 11.6 Å². The summed E-state index contributed by atoms with van der Waals surface area (Å²) in [5.41, 5.74) is 9.94. The molecule has 2 atom stereocenters.